The number of aliphatic hydroxyl groups is 1. The van der Waals surface area contributed by atoms with Gasteiger partial charge in [0.05, 0.1) is 18.8 Å². The van der Waals surface area contributed by atoms with Gasteiger partial charge >= 0.3 is 18.0 Å². The van der Waals surface area contributed by atoms with E-state index in [2.05, 4.69) is 25.7 Å². The first kappa shape index (κ1) is 33.4. The number of fused-ring (bicyclic) bond motifs is 3. The molecule has 0 aliphatic heterocycles. The van der Waals surface area contributed by atoms with Crippen LogP contribution in [0.4, 0.5) is 4.79 Å². The lowest BCUT2D eigenvalue weighted by Crippen LogP contribution is -2.72. The Morgan fingerprint density at radius 1 is 1.12 bits per heavy atom. The van der Waals surface area contributed by atoms with E-state index >= 15 is 0 Å². The van der Waals surface area contributed by atoms with Crippen LogP contribution in [0.15, 0.2) is 12.2 Å². The summed E-state index contributed by atoms with van der Waals surface area (Å²) in [4.78, 5) is 51.7. The maximum atomic E-state index is 14.4. The SMILES string of the molecule is C=C1C(=O)[C@]23[C@H](OC(=O)CCCCNC(=O)OC(C)(C)C)[C@H]1C[C@H](O)[C@H]2[C@]1(COC(C)=O)CCCC(C)(C)[C@H]1C[C@H]3OC. The molecule has 0 aromatic rings. The number of carbonyl (C=O) groups is 4. The highest BCUT2D eigenvalue weighted by molar-refractivity contribution is 6.05. The average molecular weight is 606 g/mol. The molecule has 4 rings (SSSR count). The van der Waals surface area contributed by atoms with Crippen molar-refractivity contribution in [3.05, 3.63) is 12.2 Å². The highest BCUT2D eigenvalue weighted by atomic mass is 16.6. The van der Waals surface area contributed by atoms with Gasteiger partial charge in [-0.3, -0.25) is 14.4 Å². The summed E-state index contributed by atoms with van der Waals surface area (Å²) in [5, 5.41) is 14.6. The first-order valence-electron chi connectivity index (χ1n) is 15.8. The normalized spacial score (nSPS) is 36.3. The largest absolute Gasteiger partial charge is 0.465 e. The molecular weight excluding hydrogens is 554 g/mol. The van der Waals surface area contributed by atoms with Gasteiger partial charge in [-0.05, 0) is 76.2 Å². The molecule has 0 unspecified atom stereocenters. The van der Waals surface area contributed by atoms with Gasteiger partial charge in [-0.1, -0.05) is 26.8 Å². The molecule has 2 bridgehead atoms. The second kappa shape index (κ2) is 12.1. The summed E-state index contributed by atoms with van der Waals surface area (Å²) in [6.07, 6.45) is 1.56. The van der Waals surface area contributed by atoms with Gasteiger partial charge in [-0.2, -0.15) is 0 Å². The molecule has 0 radical (unpaired) electrons. The number of hydrogen-bond donors (Lipinski definition) is 2. The van der Waals surface area contributed by atoms with Crippen molar-refractivity contribution in [2.45, 2.75) is 117 Å². The van der Waals surface area contributed by atoms with Crippen LogP contribution < -0.4 is 5.32 Å². The van der Waals surface area contributed by atoms with Gasteiger partial charge in [0.15, 0.2) is 5.78 Å². The third-order valence-electron chi connectivity index (χ3n) is 10.6. The standard InChI is InChI=1S/C33H51NO9/c1-19-21-16-22(36)26-32(18-41-20(2)35)14-11-13-31(6,7)23(32)17-24(40-8)33(26,27(19)38)28(21)42-25(37)12-9-10-15-34-29(39)43-30(3,4)5/h21-24,26,28,36H,1,9-18H2,2-8H3,(H,34,39)/t21-,22-,23+,24+,26-,28+,32-,33+/m0/s1. The van der Waals surface area contributed by atoms with Gasteiger partial charge in [0.25, 0.3) is 0 Å². The molecule has 242 valence electrons. The zero-order valence-corrected chi connectivity index (χ0v) is 27.0. The third-order valence-corrected chi connectivity index (χ3v) is 10.6. The lowest BCUT2D eigenvalue weighted by molar-refractivity contribution is -0.272. The molecule has 0 heterocycles. The predicted octanol–water partition coefficient (Wildman–Crippen LogP) is 4.51. The molecule has 10 nitrogen and oxygen atoms in total. The van der Waals surface area contributed by atoms with Crippen LogP contribution in [0, 0.1) is 34.0 Å². The number of esters is 2. The number of amides is 1. The number of aliphatic hydroxyl groups excluding tert-OH is 1. The molecule has 1 spiro atoms. The minimum absolute atomic E-state index is 0.00960. The van der Waals surface area contributed by atoms with E-state index < -0.39 is 64.6 Å². The number of methoxy groups -OCH3 is 1. The summed E-state index contributed by atoms with van der Waals surface area (Å²) in [6, 6.07) is 0. The molecule has 0 saturated heterocycles. The van der Waals surface area contributed by atoms with Gasteiger partial charge in [-0.15, -0.1) is 0 Å². The van der Waals surface area contributed by atoms with Crippen molar-refractivity contribution >= 4 is 23.8 Å². The van der Waals surface area contributed by atoms with Crippen molar-refractivity contribution in [1.29, 1.82) is 0 Å². The molecule has 1 amide bonds. The van der Waals surface area contributed by atoms with E-state index in [9.17, 15) is 24.3 Å². The Bertz CT molecular complexity index is 1130. The van der Waals surface area contributed by atoms with Gasteiger partial charge in [0.1, 0.15) is 17.1 Å². The zero-order chi connectivity index (χ0) is 32.0. The zero-order valence-electron chi connectivity index (χ0n) is 27.0. The molecule has 4 aliphatic carbocycles. The summed E-state index contributed by atoms with van der Waals surface area (Å²) in [6.45, 7) is 15.7. The van der Waals surface area contributed by atoms with Crippen molar-refractivity contribution < 1.29 is 43.2 Å². The topological polar surface area (TPSA) is 137 Å². The summed E-state index contributed by atoms with van der Waals surface area (Å²) < 4.78 is 23.3. The number of Topliss-reactive ketones (excluding diaryl/α,β-unsaturated/α-hetero) is 1. The first-order valence-corrected chi connectivity index (χ1v) is 15.8. The Morgan fingerprint density at radius 3 is 2.44 bits per heavy atom. The lowest BCUT2D eigenvalue weighted by atomic mass is 9.39. The quantitative estimate of drug-likeness (QED) is 0.168. The van der Waals surface area contributed by atoms with Crippen molar-refractivity contribution in [2.75, 3.05) is 20.3 Å². The first-order chi connectivity index (χ1) is 20.0. The van der Waals surface area contributed by atoms with Crippen molar-refractivity contribution in [1.82, 2.24) is 5.32 Å². The van der Waals surface area contributed by atoms with E-state index in [0.717, 1.165) is 12.8 Å². The van der Waals surface area contributed by atoms with Crippen LogP contribution in [0.2, 0.25) is 0 Å². The van der Waals surface area contributed by atoms with Gasteiger partial charge < -0.3 is 29.4 Å². The van der Waals surface area contributed by atoms with Crippen LogP contribution in [-0.2, 0) is 33.3 Å². The lowest BCUT2D eigenvalue weighted by Gasteiger charge is -2.67. The van der Waals surface area contributed by atoms with Gasteiger partial charge in [-0.25, -0.2) is 4.79 Å². The second-order valence-corrected chi connectivity index (χ2v) is 14.8. The number of hydrogen-bond acceptors (Lipinski definition) is 9. The number of alkyl carbamates (subject to hydrolysis) is 1. The Kier molecular flexibility index (Phi) is 9.44. The van der Waals surface area contributed by atoms with E-state index in [-0.39, 0.29) is 36.6 Å². The molecule has 4 fully saturated rings. The second-order valence-electron chi connectivity index (χ2n) is 14.8. The van der Waals surface area contributed by atoms with Gasteiger partial charge in [0.2, 0.25) is 0 Å². The van der Waals surface area contributed by atoms with E-state index in [1.54, 1.807) is 27.9 Å². The van der Waals surface area contributed by atoms with E-state index in [1.807, 2.05) is 0 Å². The Hall–Kier alpha value is -2.46. The van der Waals surface area contributed by atoms with Crippen LogP contribution in [0.5, 0.6) is 0 Å². The summed E-state index contributed by atoms with van der Waals surface area (Å²) in [7, 11) is 1.58. The van der Waals surface area contributed by atoms with Crippen molar-refractivity contribution in [2.24, 2.45) is 34.0 Å². The monoisotopic (exact) mass is 605 g/mol. The van der Waals surface area contributed by atoms with E-state index in [1.165, 1.54) is 6.92 Å². The molecular formula is C33H51NO9. The van der Waals surface area contributed by atoms with Gasteiger partial charge in [0, 0.05) is 44.2 Å². The number of ether oxygens (including phenoxy) is 4. The van der Waals surface area contributed by atoms with Crippen LogP contribution in [-0.4, -0.2) is 73.1 Å². The highest BCUT2D eigenvalue weighted by Gasteiger charge is 2.78. The number of ketones is 1. The fraction of sp³-hybridized carbons (Fsp3) is 0.818. The van der Waals surface area contributed by atoms with E-state index in [0.29, 0.717) is 37.8 Å². The highest BCUT2D eigenvalue weighted by Crippen LogP contribution is 2.72. The number of unbranched alkanes of at least 4 members (excludes halogenated alkanes) is 1. The number of nitrogens with one attached hydrogen (secondary N) is 1. The maximum Gasteiger partial charge on any atom is 0.407 e. The summed E-state index contributed by atoms with van der Waals surface area (Å²) in [5.41, 5.74) is -2.40. The van der Waals surface area contributed by atoms with Crippen LogP contribution >= 0.6 is 0 Å². The molecule has 8 atom stereocenters. The maximum absolute atomic E-state index is 14.4. The number of rotatable bonds is 9. The van der Waals surface area contributed by atoms with E-state index in [4.69, 9.17) is 18.9 Å². The molecule has 0 aromatic carbocycles. The minimum atomic E-state index is -1.33. The van der Waals surface area contributed by atoms with Crippen LogP contribution in [0.3, 0.4) is 0 Å². The molecule has 4 aliphatic rings. The summed E-state index contributed by atoms with van der Waals surface area (Å²) in [5.74, 6) is -2.22. The van der Waals surface area contributed by atoms with Crippen LogP contribution in [0.1, 0.15) is 92.9 Å². The molecule has 10 heteroatoms. The average Bonchev–Trinajstić information content (AvgIpc) is 3.02. The minimum Gasteiger partial charge on any atom is -0.465 e. The molecule has 4 saturated carbocycles. The van der Waals surface area contributed by atoms with Crippen molar-refractivity contribution in [3.8, 4) is 0 Å². The summed E-state index contributed by atoms with van der Waals surface area (Å²) >= 11 is 0. The number of carbonyl (C=O) groups excluding carboxylic acids is 4. The predicted molar refractivity (Wildman–Crippen MR) is 158 cm³/mol. The Labute approximate surface area is 255 Å². The fourth-order valence-electron chi connectivity index (χ4n) is 9.18. The smallest absolute Gasteiger partial charge is 0.407 e. The Morgan fingerprint density at radius 2 is 1.81 bits per heavy atom. The fourth-order valence-corrected chi connectivity index (χ4v) is 9.18. The molecule has 43 heavy (non-hydrogen) atoms. The van der Waals surface area contributed by atoms with Crippen molar-refractivity contribution in [3.63, 3.8) is 0 Å². The van der Waals surface area contributed by atoms with Crippen LogP contribution in [0.25, 0.3) is 0 Å². The Balaban J connectivity index is 1.60. The molecule has 0 aromatic heterocycles. The molecule has 2 N–H and O–H groups in total. The third kappa shape index (κ3) is 5.98.